The van der Waals surface area contributed by atoms with Crippen molar-refractivity contribution in [2.24, 2.45) is 0 Å². The SMILES string of the molecule is CNC(C)C(=O)Nc1ccc(-c2c(C)nc3ccccn23)c(C#Cc2ccc(-c3ccon3)cc2)n1. The lowest BCUT2D eigenvalue weighted by Gasteiger charge is -2.12. The third-order valence-electron chi connectivity index (χ3n) is 5.88. The maximum atomic E-state index is 12.4. The third kappa shape index (κ3) is 4.60. The van der Waals surface area contributed by atoms with Gasteiger partial charge in [-0.3, -0.25) is 9.20 Å². The van der Waals surface area contributed by atoms with Crippen molar-refractivity contribution >= 4 is 17.4 Å². The monoisotopic (exact) mass is 476 g/mol. The summed E-state index contributed by atoms with van der Waals surface area (Å²) in [5.74, 6) is 6.68. The number of carbonyl (C=O) groups excluding carboxylic acids is 1. The lowest BCUT2D eigenvalue weighted by atomic mass is 10.1. The van der Waals surface area contributed by atoms with Gasteiger partial charge in [0, 0.05) is 29.0 Å². The molecule has 1 unspecified atom stereocenters. The molecule has 0 aliphatic carbocycles. The highest BCUT2D eigenvalue weighted by Gasteiger charge is 2.17. The van der Waals surface area contributed by atoms with Gasteiger partial charge in [-0.15, -0.1) is 0 Å². The number of carbonyl (C=O) groups is 1. The van der Waals surface area contributed by atoms with E-state index in [2.05, 4.69) is 32.6 Å². The Labute approximate surface area is 208 Å². The Morgan fingerprint density at radius 1 is 1.03 bits per heavy atom. The quantitative estimate of drug-likeness (QED) is 0.367. The predicted molar refractivity (Wildman–Crippen MR) is 138 cm³/mol. The number of pyridine rings is 2. The number of aromatic nitrogens is 4. The molecule has 36 heavy (non-hydrogen) atoms. The van der Waals surface area contributed by atoms with Crippen molar-refractivity contribution in [3.05, 3.63) is 90.1 Å². The van der Waals surface area contributed by atoms with Crippen molar-refractivity contribution in [2.45, 2.75) is 19.9 Å². The minimum absolute atomic E-state index is 0.175. The number of nitrogens with zero attached hydrogens (tertiary/aromatic N) is 4. The Hall–Kier alpha value is -4.74. The summed E-state index contributed by atoms with van der Waals surface area (Å²) in [6, 6.07) is 18.8. The van der Waals surface area contributed by atoms with Crippen LogP contribution in [-0.4, -0.2) is 38.5 Å². The largest absolute Gasteiger partial charge is 0.364 e. The van der Waals surface area contributed by atoms with Crippen molar-refractivity contribution in [3.8, 4) is 34.4 Å². The zero-order chi connectivity index (χ0) is 25.1. The smallest absolute Gasteiger partial charge is 0.242 e. The molecule has 4 aromatic heterocycles. The highest BCUT2D eigenvalue weighted by molar-refractivity contribution is 5.94. The molecule has 0 bridgehead atoms. The van der Waals surface area contributed by atoms with Gasteiger partial charge in [-0.25, -0.2) is 9.97 Å². The van der Waals surface area contributed by atoms with Crippen LogP contribution in [0.5, 0.6) is 0 Å². The standard InChI is InChI=1S/C28H24N6O2/c1-18-27(34-16-5-4-6-26(34)30-18)22-12-14-25(32-28(35)19(2)29-3)31-24(22)13-9-20-7-10-21(11-8-20)23-15-17-36-33-23/h4-8,10-12,14-17,19,29H,1-3H3,(H,31,32,35). The molecule has 0 radical (unpaired) electrons. The fourth-order valence-corrected chi connectivity index (χ4v) is 3.84. The summed E-state index contributed by atoms with van der Waals surface area (Å²) in [6.07, 6.45) is 3.51. The second-order valence-electron chi connectivity index (χ2n) is 8.28. The summed E-state index contributed by atoms with van der Waals surface area (Å²) < 4.78 is 6.95. The van der Waals surface area contributed by atoms with E-state index in [1.807, 2.05) is 72.1 Å². The maximum Gasteiger partial charge on any atom is 0.242 e. The first-order valence-electron chi connectivity index (χ1n) is 11.5. The lowest BCUT2D eigenvalue weighted by molar-refractivity contribution is -0.117. The molecule has 0 aliphatic heterocycles. The van der Waals surface area contributed by atoms with Crippen molar-refractivity contribution in [1.82, 2.24) is 24.8 Å². The van der Waals surface area contributed by atoms with Crippen LogP contribution < -0.4 is 10.6 Å². The van der Waals surface area contributed by atoms with Crippen LogP contribution in [-0.2, 0) is 4.79 Å². The number of nitrogens with one attached hydrogen (secondary N) is 2. The van der Waals surface area contributed by atoms with E-state index in [0.29, 0.717) is 11.5 Å². The van der Waals surface area contributed by atoms with Crippen LogP contribution in [0.15, 0.2) is 77.6 Å². The molecule has 0 saturated carbocycles. The Morgan fingerprint density at radius 3 is 2.61 bits per heavy atom. The zero-order valence-electron chi connectivity index (χ0n) is 20.1. The van der Waals surface area contributed by atoms with Crippen molar-refractivity contribution in [3.63, 3.8) is 0 Å². The van der Waals surface area contributed by atoms with Crippen LogP contribution >= 0.6 is 0 Å². The first-order chi connectivity index (χ1) is 17.5. The molecule has 8 heteroatoms. The topological polar surface area (TPSA) is 97.4 Å². The van der Waals surface area contributed by atoms with Crippen LogP contribution in [0, 0.1) is 18.8 Å². The summed E-state index contributed by atoms with van der Waals surface area (Å²) in [5.41, 5.74) is 6.51. The average Bonchev–Trinajstić information content (AvgIpc) is 3.55. The van der Waals surface area contributed by atoms with E-state index in [1.165, 1.54) is 0 Å². The summed E-state index contributed by atoms with van der Waals surface area (Å²) in [6.45, 7) is 3.75. The Morgan fingerprint density at radius 2 is 1.86 bits per heavy atom. The van der Waals surface area contributed by atoms with Gasteiger partial charge >= 0.3 is 0 Å². The number of imidazole rings is 1. The van der Waals surface area contributed by atoms with Gasteiger partial charge in [0.1, 0.15) is 29.1 Å². The molecule has 2 N–H and O–H groups in total. The summed E-state index contributed by atoms with van der Waals surface area (Å²) in [5, 5.41) is 9.76. The van der Waals surface area contributed by atoms with Crippen molar-refractivity contribution < 1.29 is 9.32 Å². The molecule has 0 spiro atoms. The first-order valence-corrected chi connectivity index (χ1v) is 11.5. The van der Waals surface area contributed by atoms with Crippen LogP contribution in [0.3, 0.4) is 0 Å². The molecular formula is C28H24N6O2. The average molecular weight is 477 g/mol. The number of amides is 1. The second kappa shape index (κ2) is 9.86. The fourth-order valence-electron chi connectivity index (χ4n) is 3.84. The number of rotatable bonds is 5. The van der Waals surface area contributed by atoms with Gasteiger partial charge in [0.2, 0.25) is 5.91 Å². The number of benzene rings is 1. The molecule has 5 aromatic rings. The van der Waals surface area contributed by atoms with Crippen LogP contribution in [0.4, 0.5) is 5.82 Å². The van der Waals surface area contributed by atoms with Crippen molar-refractivity contribution in [2.75, 3.05) is 12.4 Å². The van der Waals surface area contributed by atoms with Gasteiger partial charge in [-0.2, -0.15) is 0 Å². The Bertz CT molecular complexity index is 1590. The van der Waals surface area contributed by atoms with E-state index in [9.17, 15) is 4.79 Å². The number of aryl methyl sites for hydroxylation is 1. The van der Waals surface area contributed by atoms with E-state index in [4.69, 9.17) is 9.51 Å². The zero-order valence-corrected chi connectivity index (χ0v) is 20.1. The molecule has 0 saturated heterocycles. The first kappa shape index (κ1) is 23.0. The maximum absolute atomic E-state index is 12.4. The molecular weight excluding hydrogens is 452 g/mol. The molecule has 1 atom stereocenters. The fraction of sp³-hybridized carbons (Fsp3) is 0.143. The molecule has 0 aliphatic rings. The van der Waals surface area contributed by atoms with Gasteiger partial charge in [-0.05, 0) is 63.2 Å². The van der Waals surface area contributed by atoms with Gasteiger partial charge in [0.15, 0.2) is 0 Å². The minimum Gasteiger partial charge on any atom is -0.364 e. The van der Waals surface area contributed by atoms with Gasteiger partial charge in [0.25, 0.3) is 0 Å². The molecule has 0 fully saturated rings. The van der Waals surface area contributed by atoms with E-state index < -0.39 is 0 Å². The number of hydrogen-bond donors (Lipinski definition) is 2. The van der Waals surface area contributed by atoms with Crippen LogP contribution in [0.25, 0.3) is 28.2 Å². The van der Waals surface area contributed by atoms with E-state index in [-0.39, 0.29) is 11.9 Å². The number of fused-ring (bicyclic) bond motifs is 1. The van der Waals surface area contributed by atoms with Crippen LogP contribution in [0.1, 0.15) is 23.9 Å². The molecule has 5 rings (SSSR count). The number of hydrogen-bond acceptors (Lipinski definition) is 6. The van der Waals surface area contributed by atoms with E-state index in [0.717, 1.165) is 39.4 Å². The normalized spacial score (nSPS) is 11.6. The van der Waals surface area contributed by atoms with Crippen molar-refractivity contribution in [1.29, 1.82) is 0 Å². The Kier molecular flexibility index (Phi) is 6.31. The highest BCUT2D eigenvalue weighted by Crippen LogP contribution is 2.28. The van der Waals surface area contributed by atoms with Gasteiger partial charge < -0.3 is 15.2 Å². The Balaban J connectivity index is 1.56. The molecule has 4 heterocycles. The van der Waals surface area contributed by atoms with Gasteiger partial charge in [0.05, 0.1) is 17.4 Å². The van der Waals surface area contributed by atoms with Crippen LogP contribution in [0.2, 0.25) is 0 Å². The second-order valence-corrected chi connectivity index (χ2v) is 8.28. The summed E-state index contributed by atoms with van der Waals surface area (Å²) in [4.78, 5) is 21.8. The van der Waals surface area contributed by atoms with E-state index in [1.54, 1.807) is 26.3 Å². The number of likely N-dealkylation sites (N-methyl/N-ethyl adjacent to an activating group) is 1. The summed E-state index contributed by atoms with van der Waals surface area (Å²) in [7, 11) is 1.74. The van der Waals surface area contributed by atoms with E-state index >= 15 is 0 Å². The minimum atomic E-state index is -0.356. The molecule has 1 amide bonds. The predicted octanol–water partition coefficient (Wildman–Crippen LogP) is 4.31. The number of anilines is 1. The highest BCUT2D eigenvalue weighted by atomic mass is 16.5. The lowest BCUT2D eigenvalue weighted by Crippen LogP contribution is -2.35. The summed E-state index contributed by atoms with van der Waals surface area (Å²) >= 11 is 0. The molecule has 178 valence electrons. The molecule has 1 aromatic carbocycles. The van der Waals surface area contributed by atoms with Gasteiger partial charge in [-0.1, -0.05) is 29.3 Å². The third-order valence-corrected chi connectivity index (χ3v) is 5.88. The molecule has 8 nitrogen and oxygen atoms in total.